The third-order valence-corrected chi connectivity index (χ3v) is 4.94. The highest BCUT2D eigenvalue weighted by atomic mass is 32.2. The molecule has 0 saturated carbocycles. The van der Waals surface area contributed by atoms with Crippen LogP contribution in [0.4, 0.5) is 5.69 Å². The second kappa shape index (κ2) is 6.62. The maximum absolute atomic E-state index is 12.5. The Balaban J connectivity index is 2.28. The fourth-order valence-corrected chi connectivity index (χ4v) is 3.11. The van der Waals surface area contributed by atoms with Gasteiger partial charge >= 0.3 is 5.97 Å². The Labute approximate surface area is 130 Å². The van der Waals surface area contributed by atoms with E-state index in [1.54, 1.807) is 31.2 Å². The molecule has 0 fully saturated rings. The van der Waals surface area contributed by atoms with Crippen LogP contribution < -0.4 is 4.31 Å². The van der Waals surface area contributed by atoms with Crippen LogP contribution in [0.25, 0.3) is 0 Å². The zero-order valence-corrected chi connectivity index (χ0v) is 13.2. The van der Waals surface area contributed by atoms with Gasteiger partial charge in [-0.3, -0.25) is 4.31 Å². The van der Waals surface area contributed by atoms with E-state index >= 15 is 0 Å². The minimum atomic E-state index is -3.67. The van der Waals surface area contributed by atoms with Gasteiger partial charge in [0, 0.05) is 7.05 Å². The summed E-state index contributed by atoms with van der Waals surface area (Å²) in [7, 11) is -2.18. The largest absolute Gasteiger partial charge is 0.462 e. The molecule has 2 aromatic carbocycles. The van der Waals surface area contributed by atoms with Gasteiger partial charge in [0.1, 0.15) is 0 Å². The Morgan fingerprint density at radius 2 is 1.64 bits per heavy atom. The van der Waals surface area contributed by atoms with Crippen molar-refractivity contribution in [2.45, 2.75) is 11.8 Å². The van der Waals surface area contributed by atoms with Gasteiger partial charge in [0.05, 0.1) is 22.8 Å². The molecule has 0 aromatic heterocycles. The lowest BCUT2D eigenvalue weighted by molar-refractivity contribution is 0.0526. The Hall–Kier alpha value is -2.34. The monoisotopic (exact) mass is 319 g/mol. The Bertz CT molecular complexity index is 739. The summed E-state index contributed by atoms with van der Waals surface area (Å²) in [6.07, 6.45) is 0. The lowest BCUT2D eigenvalue weighted by Crippen LogP contribution is -2.26. The van der Waals surface area contributed by atoms with Gasteiger partial charge in [0.15, 0.2) is 0 Å². The highest BCUT2D eigenvalue weighted by molar-refractivity contribution is 7.92. The summed E-state index contributed by atoms with van der Waals surface area (Å²) in [4.78, 5) is 11.7. The maximum atomic E-state index is 12.5. The minimum Gasteiger partial charge on any atom is -0.462 e. The predicted molar refractivity (Wildman–Crippen MR) is 84.4 cm³/mol. The van der Waals surface area contributed by atoms with Crippen LogP contribution in [0.5, 0.6) is 0 Å². The lowest BCUT2D eigenvalue weighted by atomic mass is 10.2. The van der Waals surface area contributed by atoms with Gasteiger partial charge in [-0.25, -0.2) is 13.2 Å². The minimum absolute atomic E-state index is 0.118. The second-order valence-corrected chi connectivity index (χ2v) is 6.52. The number of benzene rings is 2. The molecule has 0 heterocycles. The van der Waals surface area contributed by atoms with Crippen LogP contribution >= 0.6 is 0 Å². The molecule has 0 N–H and O–H groups in total. The van der Waals surface area contributed by atoms with Crippen LogP contribution in [0.15, 0.2) is 59.5 Å². The van der Waals surface area contributed by atoms with Crippen LogP contribution in [0, 0.1) is 0 Å². The SMILES string of the molecule is CCOC(=O)c1ccc(S(=O)(=O)N(C)c2ccccc2)cc1. The highest BCUT2D eigenvalue weighted by Crippen LogP contribution is 2.21. The number of sulfonamides is 1. The van der Waals surface area contributed by atoms with E-state index in [2.05, 4.69) is 0 Å². The van der Waals surface area contributed by atoms with Gasteiger partial charge in [0.25, 0.3) is 10.0 Å². The van der Waals surface area contributed by atoms with Crippen LogP contribution in [0.1, 0.15) is 17.3 Å². The van der Waals surface area contributed by atoms with E-state index in [9.17, 15) is 13.2 Å². The van der Waals surface area contributed by atoms with Crippen molar-refractivity contribution in [3.8, 4) is 0 Å². The van der Waals surface area contributed by atoms with Crippen LogP contribution in [0.3, 0.4) is 0 Å². The van der Waals surface area contributed by atoms with Crippen molar-refractivity contribution in [1.82, 2.24) is 0 Å². The summed E-state index contributed by atoms with van der Waals surface area (Å²) < 4.78 is 31.2. The molecule has 5 nitrogen and oxygen atoms in total. The Kier molecular flexibility index (Phi) is 4.82. The van der Waals surface area contributed by atoms with Crippen molar-refractivity contribution in [2.24, 2.45) is 0 Å². The first-order valence-electron chi connectivity index (χ1n) is 6.78. The maximum Gasteiger partial charge on any atom is 0.338 e. The predicted octanol–water partition coefficient (Wildman–Crippen LogP) is 2.69. The average molecular weight is 319 g/mol. The van der Waals surface area contributed by atoms with Gasteiger partial charge < -0.3 is 4.74 Å². The fourth-order valence-electron chi connectivity index (χ4n) is 1.91. The van der Waals surface area contributed by atoms with E-state index in [1.807, 2.05) is 6.07 Å². The number of para-hydroxylation sites is 1. The standard InChI is InChI=1S/C16H17NO4S/c1-3-21-16(18)13-9-11-15(12-10-13)22(19,20)17(2)14-7-5-4-6-8-14/h4-12H,3H2,1-2H3. The summed E-state index contributed by atoms with van der Waals surface area (Å²) in [5, 5.41) is 0. The molecule has 2 rings (SSSR count). The normalized spacial score (nSPS) is 11.0. The molecule has 116 valence electrons. The van der Waals surface area contributed by atoms with E-state index in [4.69, 9.17) is 4.74 Å². The molecular formula is C16H17NO4S. The molecule has 0 spiro atoms. The molecule has 0 aliphatic rings. The zero-order valence-electron chi connectivity index (χ0n) is 12.4. The second-order valence-electron chi connectivity index (χ2n) is 4.55. The van der Waals surface area contributed by atoms with Crippen molar-refractivity contribution >= 4 is 21.7 Å². The molecule has 2 aromatic rings. The number of ether oxygens (including phenoxy) is 1. The number of nitrogens with zero attached hydrogens (tertiary/aromatic N) is 1. The molecule has 0 amide bonds. The van der Waals surface area contributed by atoms with Gasteiger partial charge in [-0.15, -0.1) is 0 Å². The number of esters is 1. The van der Waals surface area contributed by atoms with Gasteiger partial charge in [-0.2, -0.15) is 0 Å². The molecule has 22 heavy (non-hydrogen) atoms. The molecular weight excluding hydrogens is 302 g/mol. The average Bonchev–Trinajstić information content (AvgIpc) is 2.55. The summed E-state index contributed by atoms with van der Waals surface area (Å²) in [6, 6.07) is 14.5. The smallest absolute Gasteiger partial charge is 0.338 e. The summed E-state index contributed by atoms with van der Waals surface area (Å²) in [6.45, 7) is 1.99. The first-order valence-corrected chi connectivity index (χ1v) is 8.22. The molecule has 0 atom stereocenters. The van der Waals surface area contributed by atoms with E-state index < -0.39 is 16.0 Å². The molecule has 0 radical (unpaired) electrons. The number of anilines is 1. The quantitative estimate of drug-likeness (QED) is 0.795. The summed E-state index contributed by atoms with van der Waals surface area (Å²) in [5.74, 6) is -0.470. The lowest BCUT2D eigenvalue weighted by Gasteiger charge is -2.19. The van der Waals surface area contributed by atoms with Crippen molar-refractivity contribution in [3.05, 3.63) is 60.2 Å². The first kappa shape index (κ1) is 16.0. The third kappa shape index (κ3) is 3.28. The Morgan fingerprint density at radius 3 is 2.18 bits per heavy atom. The number of hydrogen-bond donors (Lipinski definition) is 0. The fraction of sp³-hybridized carbons (Fsp3) is 0.188. The number of carbonyl (C=O) groups is 1. The van der Waals surface area contributed by atoms with E-state index in [0.29, 0.717) is 11.3 Å². The van der Waals surface area contributed by atoms with E-state index in [1.165, 1.54) is 35.6 Å². The number of carbonyl (C=O) groups excluding carboxylic acids is 1. The van der Waals surface area contributed by atoms with Crippen molar-refractivity contribution in [3.63, 3.8) is 0 Å². The number of hydrogen-bond acceptors (Lipinski definition) is 4. The zero-order chi connectivity index (χ0) is 16.2. The molecule has 0 saturated heterocycles. The van der Waals surface area contributed by atoms with E-state index in [0.717, 1.165) is 0 Å². The van der Waals surface area contributed by atoms with Crippen molar-refractivity contribution in [2.75, 3.05) is 18.0 Å². The van der Waals surface area contributed by atoms with Crippen molar-refractivity contribution in [1.29, 1.82) is 0 Å². The molecule has 0 aliphatic carbocycles. The highest BCUT2D eigenvalue weighted by Gasteiger charge is 2.21. The van der Waals surface area contributed by atoms with Gasteiger partial charge in [-0.1, -0.05) is 18.2 Å². The van der Waals surface area contributed by atoms with Crippen LogP contribution in [-0.4, -0.2) is 28.0 Å². The summed E-state index contributed by atoms with van der Waals surface area (Å²) >= 11 is 0. The van der Waals surface area contributed by atoms with Crippen LogP contribution in [-0.2, 0) is 14.8 Å². The van der Waals surface area contributed by atoms with Crippen LogP contribution in [0.2, 0.25) is 0 Å². The number of rotatable bonds is 5. The third-order valence-electron chi connectivity index (χ3n) is 3.14. The van der Waals surface area contributed by atoms with Crippen molar-refractivity contribution < 1.29 is 17.9 Å². The summed E-state index contributed by atoms with van der Waals surface area (Å²) in [5.41, 5.74) is 0.889. The molecule has 0 bridgehead atoms. The van der Waals surface area contributed by atoms with Gasteiger partial charge in [-0.05, 0) is 43.3 Å². The molecule has 0 aliphatic heterocycles. The molecule has 0 unspecified atom stereocenters. The van der Waals surface area contributed by atoms with E-state index in [-0.39, 0.29) is 11.5 Å². The van der Waals surface area contributed by atoms with Gasteiger partial charge in [0.2, 0.25) is 0 Å². The Morgan fingerprint density at radius 1 is 1.05 bits per heavy atom. The molecule has 6 heteroatoms. The first-order chi connectivity index (χ1) is 10.5. The topological polar surface area (TPSA) is 63.7 Å².